The fourth-order valence-electron chi connectivity index (χ4n) is 2.48. The molecule has 2 N–H and O–H groups in total. The van der Waals surface area contributed by atoms with Gasteiger partial charge in [0.2, 0.25) is 0 Å². The molecule has 0 spiro atoms. The first kappa shape index (κ1) is 14.4. The van der Waals surface area contributed by atoms with E-state index in [1.54, 1.807) is 0 Å². The van der Waals surface area contributed by atoms with Crippen molar-refractivity contribution in [2.24, 2.45) is 0 Å². The summed E-state index contributed by atoms with van der Waals surface area (Å²) < 4.78 is 2.06. The predicted octanol–water partition coefficient (Wildman–Crippen LogP) is 3.93. The van der Waals surface area contributed by atoms with E-state index in [1.165, 1.54) is 5.56 Å². The second-order valence-electron chi connectivity index (χ2n) is 5.43. The molecular weight excluding hydrogens is 246 g/mol. The van der Waals surface area contributed by atoms with E-state index in [4.69, 9.17) is 10.7 Å². The van der Waals surface area contributed by atoms with Gasteiger partial charge >= 0.3 is 0 Å². The Morgan fingerprint density at radius 1 is 1.25 bits per heavy atom. The molecule has 0 aliphatic rings. The summed E-state index contributed by atoms with van der Waals surface area (Å²) in [4.78, 5) is 4.79. The number of nitrogens with zero attached hydrogens (tertiary/aromatic N) is 2. The predicted molar refractivity (Wildman–Crippen MR) is 84.9 cm³/mol. The average molecular weight is 269 g/mol. The van der Waals surface area contributed by atoms with E-state index in [9.17, 15) is 0 Å². The van der Waals surface area contributed by atoms with Gasteiger partial charge in [-0.3, -0.25) is 0 Å². The SMILES string of the molecule is C=CCn1c(C(C)C)nc(C(C)c2ccccc2)c1N. The van der Waals surface area contributed by atoms with Crippen LogP contribution in [0.2, 0.25) is 0 Å². The summed E-state index contributed by atoms with van der Waals surface area (Å²) in [5, 5.41) is 0. The van der Waals surface area contributed by atoms with Gasteiger partial charge in [-0.15, -0.1) is 6.58 Å². The standard InChI is InChI=1S/C17H23N3/c1-5-11-20-16(18)15(19-17(20)12(2)3)13(4)14-9-7-6-8-10-14/h5-10,12-13H,1,11,18H2,2-4H3. The Morgan fingerprint density at radius 2 is 1.90 bits per heavy atom. The van der Waals surface area contributed by atoms with Crippen LogP contribution in [0, 0.1) is 0 Å². The normalized spacial score (nSPS) is 12.6. The molecule has 1 aromatic carbocycles. The Bertz CT molecular complexity index is 582. The largest absolute Gasteiger partial charge is 0.384 e. The lowest BCUT2D eigenvalue weighted by atomic mass is 9.98. The van der Waals surface area contributed by atoms with Crippen molar-refractivity contribution < 1.29 is 0 Å². The summed E-state index contributed by atoms with van der Waals surface area (Å²) in [5.41, 5.74) is 8.51. The van der Waals surface area contributed by atoms with Crippen LogP contribution < -0.4 is 5.73 Å². The molecule has 1 unspecified atom stereocenters. The Kier molecular flexibility index (Phi) is 4.28. The quantitative estimate of drug-likeness (QED) is 0.836. The van der Waals surface area contributed by atoms with Crippen LogP contribution in [0.15, 0.2) is 43.0 Å². The smallest absolute Gasteiger partial charge is 0.127 e. The molecule has 0 saturated heterocycles. The van der Waals surface area contributed by atoms with Gasteiger partial charge in [-0.25, -0.2) is 4.98 Å². The van der Waals surface area contributed by atoms with E-state index < -0.39 is 0 Å². The van der Waals surface area contributed by atoms with Gasteiger partial charge in [0.05, 0.1) is 5.69 Å². The summed E-state index contributed by atoms with van der Waals surface area (Å²) in [5.74, 6) is 2.32. The summed E-state index contributed by atoms with van der Waals surface area (Å²) in [6.07, 6.45) is 1.86. The molecule has 1 atom stereocenters. The number of allylic oxidation sites excluding steroid dienone is 1. The fourth-order valence-corrected chi connectivity index (χ4v) is 2.48. The van der Waals surface area contributed by atoms with Crippen molar-refractivity contribution in [1.29, 1.82) is 0 Å². The van der Waals surface area contributed by atoms with E-state index in [0.29, 0.717) is 12.5 Å². The van der Waals surface area contributed by atoms with Crippen LogP contribution in [-0.2, 0) is 6.54 Å². The molecule has 0 aliphatic heterocycles. The van der Waals surface area contributed by atoms with E-state index >= 15 is 0 Å². The second-order valence-corrected chi connectivity index (χ2v) is 5.43. The highest BCUT2D eigenvalue weighted by Crippen LogP contribution is 2.30. The van der Waals surface area contributed by atoms with Crippen LogP contribution in [0.3, 0.4) is 0 Å². The lowest BCUT2D eigenvalue weighted by molar-refractivity contribution is 0.683. The molecule has 2 aromatic rings. The highest BCUT2D eigenvalue weighted by atomic mass is 15.1. The molecule has 3 heteroatoms. The average Bonchev–Trinajstić information content (AvgIpc) is 2.77. The second kappa shape index (κ2) is 5.95. The third-order valence-corrected chi connectivity index (χ3v) is 3.60. The Hall–Kier alpha value is -2.03. The van der Waals surface area contributed by atoms with Gasteiger partial charge in [-0.05, 0) is 5.56 Å². The molecule has 1 aromatic heterocycles. The Balaban J connectivity index is 2.47. The van der Waals surface area contributed by atoms with E-state index in [0.717, 1.165) is 17.3 Å². The van der Waals surface area contributed by atoms with E-state index in [2.05, 4.69) is 44.0 Å². The zero-order valence-corrected chi connectivity index (χ0v) is 12.5. The number of aromatic nitrogens is 2. The molecule has 3 nitrogen and oxygen atoms in total. The van der Waals surface area contributed by atoms with Gasteiger partial charge in [0.15, 0.2) is 0 Å². The van der Waals surface area contributed by atoms with Gasteiger partial charge in [-0.2, -0.15) is 0 Å². The maximum Gasteiger partial charge on any atom is 0.127 e. The number of hydrogen-bond acceptors (Lipinski definition) is 2. The van der Waals surface area contributed by atoms with Crippen molar-refractivity contribution in [3.05, 3.63) is 60.1 Å². The van der Waals surface area contributed by atoms with Crippen LogP contribution in [0.25, 0.3) is 0 Å². The molecule has 20 heavy (non-hydrogen) atoms. The minimum absolute atomic E-state index is 0.194. The van der Waals surface area contributed by atoms with Gasteiger partial charge in [0, 0.05) is 18.4 Å². The van der Waals surface area contributed by atoms with E-state index in [1.807, 2.05) is 24.3 Å². The van der Waals surface area contributed by atoms with Crippen LogP contribution in [0.5, 0.6) is 0 Å². The topological polar surface area (TPSA) is 43.8 Å². The third-order valence-electron chi connectivity index (χ3n) is 3.60. The molecule has 0 fully saturated rings. The first-order chi connectivity index (χ1) is 9.56. The first-order valence-corrected chi connectivity index (χ1v) is 7.07. The molecule has 2 rings (SSSR count). The van der Waals surface area contributed by atoms with Crippen molar-refractivity contribution in [3.8, 4) is 0 Å². The molecule has 0 aliphatic carbocycles. The molecule has 106 valence electrons. The number of anilines is 1. The Morgan fingerprint density at radius 3 is 2.45 bits per heavy atom. The van der Waals surface area contributed by atoms with Crippen LogP contribution in [-0.4, -0.2) is 9.55 Å². The van der Waals surface area contributed by atoms with Crippen molar-refractivity contribution in [1.82, 2.24) is 9.55 Å². The lowest BCUT2D eigenvalue weighted by Crippen LogP contribution is -2.08. The minimum atomic E-state index is 0.194. The van der Waals surface area contributed by atoms with Crippen LogP contribution in [0.4, 0.5) is 5.82 Å². The highest BCUT2D eigenvalue weighted by molar-refractivity contribution is 5.45. The molecule has 0 saturated carbocycles. The number of hydrogen-bond donors (Lipinski definition) is 1. The van der Waals surface area contributed by atoms with Gasteiger partial charge in [0.1, 0.15) is 11.6 Å². The van der Waals surface area contributed by atoms with E-state index in [-0.39, 0.29) is 5.92 Å². The number of benzene rings is 1. The first-order valence-electron chi connectivity index (χ1n) is 7.07. The van der Waals surface area contributed by atoms with Crippen LogP contribution >= 0.6 is 0 Å². The molecular formula is C17H23N3. The summed E-state index contributed by atoms with van der Waals surface area (Å²) >= 11 is 0. The van der Waals surface area contributed by atoms with Crippen molar-refractivity contribution in [2.45, 2.75) is 39.2 Å². The van der Waals surface area contributed by atoms with Crippen LogP contribution in [0.1, 0.15) is 49.7 Å². The lowest BCUT2D eigenvalue weighted by Gasteiger charge is -2.11. The van der Waals surface area contributed by atoms with Gasteiger partial charge in [-0.1, -0.05) is 57.2 Å². The fraction of sp³-hybridized carbons (Fsp3) is 0.353. The number of rotatable bonds is 5. The van der Waals surface area contributed by atoms with Gasteiger partial charge in [0.25, 0.3) is 0 Å². The summed E-state index contributed by atoms with van der Waals surface area (Å²) in [7, 11) is 0. The zero-order valence-electron chi connectivity index (χ0n) is 12.5. The molecule has 0 amide bonds. The summed E-state index contributed by atoms with van der Waals surface area (Å²) in [6, 6.07) is 10.4. The molecule has 1 heterocycles. The van der Waals surface area contributed by atoms with Crippen molar-refractivity contribution in [2.75, 3.05) is 5.73 Å². The third kappa shape index (κ3) is 2.62. The highest BCUT2D eigenvalue weighted by Gasteiger charge is 2.21. The number of imidazole rings is 1. The monoisotopic (exact) mass is 269 g/mol. The molecule has 0 radical (unpaired) electrons. The maximum atomic E-state index is 6.32. The Labute approximate surface area is 121 Å². The summed E-state index contributed by atoms with van der Waals surface area (Å²) in [6.45, 7) is 10.9. The van der Waals surface area contributed by atoms with Gasteiger partial charge < -0.3 is 10.3 Å². The molecule has 0 bridgehead atoms. The number of nitrogen functional groups attached to an aromatic ring is 1. The van der Waals surface area contributed by atoms with Crippen molar-refractivity contribution >= 4 is 5.82 Å². The zero-order chi connectivity index (χ0) is 14.7. The minimum Gasteiger partial charge on any atom is -0.384 e. The number of nitrogens with two attached hydrogens (primary N) is 1. The van der Waals surface area contributed by atoms with Crippen molar-refractivity contribution in [3.63, 3.8) is 0 Å². The maximum absolute atomic E-state index is 6.32.